The number of anilines is 1. The van der Waals surface area contributed by atoms with Gasteiger partial charge in [0, 0.05) is 17.8 Å². The summed E-state index contributed by atoms with van der Waals surface area (Å²) in [7, 11) is 1.62. The van der Waals surface area contributed by atoms with Crippen LogP contribution in [0.1, 0.15) is 32.6 Å². The maximum Gasteiger partial charge on any atom is 0.336 e. The molecule has 0 unspecified atom stereocenters. The molecule has 29 heavy (non-hydrogen) atoms. The van der Waals surface area contributed by atoms with Crippen LogP contribution in [0.4, 0.5) is 5.69 Å². The van der Waals surface area contributed by atoms with Gasteiger partial charge in [0.05, 0.1) is 12.7 Å². The van der Waals surface area contributed by atoms with Crippen LogP contribution < -0.4 is 14.8 Å². The number of hydrogen-bond acceptors (Lipinski definition) is 4. The van der Waals surface area contributed by atoms with Gasteiger partial charge in [-0.25, -0.2) is 4.79 Å². The highest BCUT2D eigenvalue weighted by Crippen LogP contribution is 2.33. The lowest BCUT2D eigenvalue weighted by molar-refractivity contribution is 0.0696. The van der Waals surface area contributed by atoms with Crippen LogP contribution in [-0.4, -0.2) is 18.2 Å². The standard InChI is InChI=1S/C24H25NO4/c1-16-7-4-8-18(13-16)15-29-23-19(9-5-12-22(23)28-3)14-25-21-11-6-10-20(17(21)2)24(26)27/h4-13,25H,14-15H2,1-3H3,(H,26,27). The Labute approximate surface area is 170 Å². The van der Waals surface area contributed by atoms with E-state index in [1.165, 1.54) is 5.56 Å². The average molecular weight is 391 g/mol. The topological polar surface area (TPSA) is 67.8 Å². The van der Waals surface area contributed by atoms with Crippen LogP contribution in [0.3, 0.4) is 0 Å². The predicted molar refractivity (Wildman–Crippen MR) is 114 cm³/mol. The molecule has 0 aliphatic rings. The number of methoxy groups -OCH3 is 1. The van der Waals surface area contributed by atoms with Crippen molar-refractivity contribution < 1.29 is 19.4 Å². The summed E-state index contributed by atoms with van der Waals surface area (Å²) >= 11 is 0. The van der Waals surface area contributed by atoms with Crippen molar-refractivity contribution in [3.8, 4) is 11.5 Å². The number of rotatable bonds is 8. The summed E-state index contributed by atoms with van der Waals surface area (Å²) in [6.07, 6.45) is 0. The second-order valence-electron chi connectivity index (χ2n) is 6.86. The largest absolute Gasteiger partial charge is 0.493 e. The van der Waals surface area contributed by atoms with Gasteiger partial charge < -0.3 is 19.9 Å². The van der Waals surface area contributed by atoms with Crippen molar-refractivity contribution in [2.75, 3.05) is 12.4 Å². The molecule has 0 aliphatic heterocycles. The quantitative estimate of drug-likeness (QED) is 0.552. The van der Waals surface area contributed by atoms with Crippen LogP contribution in [0.2, 0.25) is 0 Å². The van der Waals surface area contributed by atoms with E-state index in [0.717, 1.165) is 16.8 Å². The molecule has 0 aromatic heterocycles. The summed E-state index contributed by atoms with van der Waals surface area (Å²) < 4.78 is 11.6. The van der Waals surface area contributed by atoms with E-state index in [9.17, 15) is 9.90 Å². The number of nitrogens with one attached hydrogen (secondary N) is 1. The highest BCUT2D eigenvalue weighted by atomic mass is 16.5. The Bertz CT molecular complexity index is 1010. The maximum absolute atomic E-state index is 11.4. The first-order valence-corrected chi connectivity index (χ1v) is 9.40. The van der Waals surface area contributed by atoms with Crippen LogP contribution in [0.25, 0.3) is 0 Å². The van der Waals surface area contributed by atoms with Gasteiger partial charge in [-0.15, -0.1) is 0 Å². The van der Waals surface area contributed by atoms with E-state index < -0.39 is 5.97 Å². The smallest absolute Gasteiger partial charge is 0.336 e. The first-order chi connectivity index (χ1) is 14.0. The number of aromatic carboxylic acids is 1. The summed E-state index contributed by atoms with van der Waals surface area (Å²) in [5, 5.41) is 12.6. The molecular formula is C24H25NO4. The van der Waals surface area contributed by atoms with Gasteiger partial charge in [0.1, 0.15) is 6.61 Å². The third-order valence-corrected chi connectivity index (χ3v) is 4.78. The molecule has 0 saturated carbocycles. The van der Waals surface area contributed by atoms with Crippen LogP contribution in [0, 0.1) is 13.8 Å². The third kappa shape index (κ3) is 4.88. The Hall–Kier alpha value is -3.47. The van der Waals surface area contributed by atoms with Crippen LogP contribution in [0.5, 0.6) is 11.5 Å². The van der Waals surface area contributed by atoms with Crippen molar-refractivity contribution in [1.29, 1.82) is 0 Å². The van der Waals surface area contributed by atoms with E-state index in [1.54, 1.807) is 26.2 Å². The summed E-state index contributed by atoms with van der Waals surface area (Å²) in [6, 6.07) is 19.1. The lowest BCUT2D eigenvalue weighted by Gasteiger charge is -2.17. The minimum Gasteiger partial charge on any atom is -0.493 e. The molecule has 0 atom stereocenters. The van der Waals surface area contributed by atoms with E-state index in [1.807, 2.05) is 36.4 Å². The number of benzene rings is 3. The fraction of sp³-hybridized carbons (Fsp3) is 0.208. The fourth-order valence-corrected chi connectivity index (χ4v) is 3.23. The van der Waals surface area contributed by atoms with Gasteiger partial charge in [0.25, 0.3) is 0 Å². The van der Waals surface area contributed by atoms with Crippen LogP contribution >= 0.6 is 0 Å². The summed E-state index contributed by atoms with van der Waals surface area (Å²) in [5.41, 5.74) is 4.96. The van der Waals surface area contributed by atoms with Gasteiger partial charge in [0.15, 0.2) is 11.5 Å². The molecule has 0 amide bonds. The number of ether oxygens (including phenoxy) is 2. The zero-order valence-corrected chi connectivity index (χ0v) is 16.9. The predicted octanol–water partition coefficient (Wildman–Crippen LogP) is 5.20. The number of carbonyl (C=O) groups is 1. The van der Waals surface area contributed by atoms with Crippen LogP contribution in [0.15, 0.2) is 60.7 Å². The summed E-state index contributed by atoms with van der Waals surface area (Å²) in [4.78, 5) is 11.4. The second kappa shape index (κ2) is 9.15. The van der Waals surface area contributed by atoms with E-state index in [2.05, 4.69) is 24.4 Å². The molecule has 0 fully saturated rings. The Morgan fingerprint density at radius 3 is 2.52 bits per heavy atom. The first-order valence-electron chi connectivity index (χ1n) is 9.40. The van der Waals surface area contributed by atoms with Gasteiger partial charge in [0.2, 0.25) is 0 Å². The van der Waals surface area contributed by atoms with Crippen molar-refractivity contribution in [3.05, 3.63) is 88.5 Å². The zero-order valence-electron chi connectivity index (χ0n) is 16.9. The summed E-state index contributed by atoms with van der Waals surface area (Å²) in [6.45, 7) is 4.76. The molecule has 3 aromatic carbocycles. The molecule has 150 valence electrons. The Morgan fingerprint density at radius 2 is 1.79 bits per heavy atom. The number of carboxylic acids is 1. The van der Waals surface area contributed by atoms with Crippen LogP contribution in [-0.2, 0) is 13.2 Å². The van der Waals surface area contributed by atoms with Gasteiger partial charge in [-0.2, -0.15) is 0 Å². The van der Waals surface area contributed by atoms with Crippen molar-refractivity contribution >= 4 is 11.7 Å². The molecule has 0 saturated heterocycles. The molecule has 0 bridgehead atoms. The highest BCUT2D eigenvalue weighted by Gasteiger charge is 2.13. The monoisotopic (exact) mass is 391 g/mol. The molecule has 5 nitrogen and oxygen atoms in total. The molecule has 5 heteroatoms. The van der Waals surface area contributed by atoms with Gasteiger partial charge in [-0.3, -0.25) is 0 Å². The van der Waals surface area contributed by atoms with Crippen molar-refractivity contribution in [2.45, 2.75) is 27.0 Å². The second-order valence-corrected chi connectivity index (χ2v) is 6.86. The number of carboxylic acid groups (broad SMARTS) is 1. The Morgan fingerprint density at radius 1 is 1.03 bits per heavy atom. The zero-order chi connectivity index (χ0) is 20.8. The van der Waals surface area contributed by atoms with Crippen molar-refractivity contribution in [2.24, 2.45) is 0 Å². The lowest BCUT2D eigenvalue weighted by atomic mass is 10.1. The normalized spacial score (nSPS) is 10.4. The van der Waals surface area contributed by atoms with E-state index in [-0.39, 0.29) is 5.56 Å². The van der Waals surface area contributed by atoms with Crippen molar-refractivity contribution in [1.82, 2.24) is 0 Å². The number of hydrogen-bond donors (Lipinski definition) is 2. The molecule has 0 radical (unpaired) electrons. The average Bonchev–Trinajstić information content (AvgIpc) is 2.71. The van der Waals surface area contributed by atoms with Gasteiger partial charge >= 0.3 is 5.97 Å². The van der Waals surface area contributed by atoms with E-state index >= 15 is 0 Å². The third-order valence-electron chi connectivity index (χ3n) is 4.78. The van der Waals surface area contributed by atoms with E-state index in [4.69, 9.17) is 9.47 Å². The fourth-order valence-electron chi connectivity index (χ4n) is 3.23. The lowest BCUT2D eigenvalue weighted by Crippen LogP contribution is -2.08. The minimum atomic E-state index is -0.935. The summed E-state index contributed by atoms with van der Waals surface area (Å²) in [5.74, 6) is 0.402. The molecule has 0 aliphatic carbocycles. The molecule has 0 spiro atoms. The van der Waals surface area contributed by atoms with Crippen molar-refractivity contribution in [3.63, 3.8) is 0 Å². The molecule has 3 aromatic rings. The Balaban J connectivity index is 1.81. The molecule has 2 N–H and O–H groups in total. The number of para-hydroxylation sites is 1. The maximum atomic E-state index is 11.4. The molecule has 3 rings (SSSR count). The molecule has 0 heterocycles. The molecular weight excluding hydrogens is 366 g/mol. The Kier molecular flexibility index (Phi) is 6.39. The highest BCUT2D eigenvalue weighted by molar-refractivity contribution is 5.91. The number of aryl methyl sites for hydroxylation is 1. The van der Waals surface area contributed by atoms with Gasteiger partial charge in [-0.05, 0) is 43.2 Å². The van der Waals surface area contributed by atoms with E-state index in [0.29, 0.717) is 30.2 Å². The van der Waals surface area contributed by atoms with Gasteiger partial charge in [-0.1, -0.05) is 48.0 Å². The first kappa shape index (κ1) is 20.3. The SMILES string of the molecule is COc1cccc(CNc2cccc(C(=O)O)c2C)c1OCc1cccc(C)c1. The minimum absolute atomic E-state index is 0.288.